The lowest BCUT2D eigenvalue weighted by Crippen LogP contribution is -2.37. The van der Waals surface area contributed by atoms with Gasteiger partial charge in [-0.25, -0.2) is 13.1 Å². The van der Waals surface area contributed by atoms with Crippen LogP contribution in [0.4, 0.5) is 0 Å². The van der Waals surface area contributed by atoms with E-state index in [9.17, 15) is 13.2 Å². The van der Waals surface area contributed by atoms with Gasteiger partial charge in [0.25, 0.3) is 0 Å². The van der Waals surface area contributed by atoms with Gasteiger partial charge in [-0.2, -0.15) is 5.26 Å². The molecule has 0 atom stereocenters. The number of nitriles is 1. The SMILES string of the molecule is Cc1cc(C)c(C)c(OCCCNC(=O)CNS(=O)(=O)c2ccccc2C#N)c1. The van der Waals surface area contributed by atoms with Gasteiger partial charge in [-0.3, -0.25) is 4.79 Å². The Balaban J connectivity index is 1.76. The van der Waals surface area contributed by atoms with E-state index in [-0.39, 0.29) is 10.5 Å². The molecule has 8 heteroatoms. The fraction of sp³-hybridized carbons (Fsp3) is 0.333. The summed E-state index contributed by atoms with van der Waals surface area (Å²) < 4.78 is 32.5. The topological polar surface area (TPSA) is 108 Å². The molecule has 29 heavy (non-hydrogen) atoms. The van der Waals surface area contributed by atoms with Crippen LogP contribution < -0.4 is 14.8 Å². The second-order valence-corrected chi connectivity index (χ2v) is 8.42. The second kappa shape index (κ2) is 10.0. The summed E-state index contributed by atoms with van der Waals surface area (Å²) >= 11 is 0. The number of rotatable bonds is 9. The van der Waals surface area contributed by atoms with Crippen molar-refractivity contribution in [1.82, 2.24) is 10.0 Å². The number of benzene rings is 2. The van der Waals surface area contributed by atoms with E-state index >= 15 is 0 Å². The van der Waals surface area contributed by atoms with Crippen molar-refractivity contribution in [2.24, 2.45) is 0 Å². The van der Waals surface area contributed by atoms with Gasteiger partial charge < -0.3 is 10.1 Å². The molecule has 2 rings (SSSR count). The van der Waals surface area contributed by atoms with Crippen LogP contribution in [-0.2, 0) is 14.8 Å². The first kappa shape index (κ1) is 22.4. The Morgan fingerprint density at radius 3 is 2.62 bits per heavy atom. The van der Waals surface area contributed by atoms with Gasteiger partial charge in [0, 0.05) is 6.54 Å². The third-order valence-electron chi connectivity index (χ3n) is 4.38. The number of aryl methyl sites for hydroxylation is 2. The summed E-state index contributed by atoms with van der Waals surface area (Å²) in [5, 5.41) is 11.7. The summed E-state index contributed by atoms with van der Waals surface area (Å²) in [6.07, 6.45) is 0.586. The molecule has 0 spiro atoms. The molecule has 7 nitrogen and oxygen atoms in total. The Morgan fingerprint density at radius 2 is 1.90 bits per heavy atom. The van der Waals surface area contributed by atoms with Gasteiger partial charge in [0.05, 0.1) is 23.6 Å². The average molecular weight is 416 g/mol. The molecular weight excluding hydrogens is 390 g/mol. The molecule has 0 unspecified atom stereocenters. The highest BCUT2D eigenvalue weighted by Crippen LogP contribution is 2.23. The highest BCUT2D eigenvalue weighted by Gasteiger charge is 2.18. The van der Waals surface area contributed by atoms with Gasteiger partial charge in [-0.15, -0.1) is 0 Å². The number of hydrogen-bond acceptors (Lipinski definition) is 5. The number of carbonyl (C=O) groups excluding carboxylic acids is 1. The summed E-state index contributed by atoms with van der Waals surface area (Å²) in [4.78, 5) is 11.8. The number of sulfonamides is 1. The van der Waals surface area contributed by atoms with Crippen LogP contribution in [0.5, 0.6) is 5.75 Å². The molecule has 0 radical (unpaired) electrons. The molecule has 2 aromatic carbocycles. The fourth-order valence-electron chi connectivity index (χ4n) is 2.73. The average Bonchev–Trinajstić information content (AvgIpc) is 2.69. The standard InChI is InChI=1S/C21H25N3O4S/c1-15-11-16(2)17(3)19(12-15)28-10-6-9-23-21(25)14-24-29(26,27)20-8-5-4-7-18(20)13-22/h4-5,7-8,11-12,24H,6,9-10,14H2,1-3H3,(H,23,25). The Kier molecular flexibility index (Phi) is 7.76. The van der Waals surface area contributed by atoms with Gasteiger partial charge in [0.1, 0.15) is 11.8 Å². The molecule has 2 aromatic rings. The van der Waals surface area contributed by atoms with Crippen molar-refractivity contribution in [3.8, 4) is 11.8 Å². The van der Waals surface area contributed by atoms with Crippen LogP contribution in [0.25, 0.3) is 0 Å². The quantitative estimate of drug-likeness (QED) is 0.611. The van der Waals surface area contributed by atoms with Crippen molar-refractivity contribution < 1.29 is 17.9 Å². The predicted molar refractivity (Wildman–Crippen MR) is 110 cm³/mol. The first-order chi connectivity index (χ1) is 13.7. The maximum atomic E-state index is 12.3. The van der Waals surface area contributed by atoms with E-state index in [1.807, 2.05) is 32.9 Å². The smallest absolute Gasteiger partial charge is 0.242 e. The first-order valence-electron chi connectivity index (χ1n) is 9.20. The van der Waals surface area contributed by atoms with Crippen LogP contribution in [-0.4, -0.2) is 34.0 Å². The molecular formula is C21H25N3O4S. The van der Waals surface area contributed by atoms with E-state index in [2.05, 4.69) is 16.1 Å². The number of nitrogens with zero attached hydrogens (tertiary/aromatic N) is 1. The molecule has 0 aromatic heterocycles. The van der Waals surface area contributed by atoms with Crippen LogP contribution in [0.15, 0.2) is 41.3 Å². The van der Waals surface area contributed by atoms with Crippen LogP contribution in [0.1, 0.15) is 28.7 Å². The highest BCUT2D eigenvalue weighted by atomic mass is 32.2. The Morgan fingerprint density at radius 1 is 1.17 bits per heavy atom. The Labute approximate surface area is 171 Å². The number of hydrogen-bond donors (Lipinski definition) is 2. The second-order valence-electron chi connectivity index (χ2n) is 6.69. The minimum atomic E-state index is -3.94. The van der Waals surface area contributed by atoms with Crippen LogP contribution in [0.2, 0.25) is 0 Å². The zero-order valence-electron chi connectivity index (χ0n) is 16.8. The summed E-state index contributed by atoms with van der Waals surface area (Å²) in [5.41, 5.74) is 3.41. The molecule has 0 aliphatic heterocycles. The summed E-state index contributed by atoms with van der Waals surface area (Å²) in [6, 6.07) is 11.7. The van der Waals surface area contributed by atoms with Gasteiger partial charge in [-0.1, -0.05) is 18.2 Å². The lowest BCUT2D eigenvalue weighted by Gasteiger charge is -2.13. The molecule has 0 bridgehead atoms. The van der Waals surface area contributed by atoms with Crippen LogP contribution >= 0.6 is 0 Å². The fourth-order valence-corrected chi connectivity index (χ4v) is 3.86. The van der Waals surface area contributed by atoms with Gasteiger partial charge in [0.15, 0.2) is 0 Å². The molecule has 1 amide bonds. The minimum Gasteiger partial charge on any atom is -0.493 e. The van der Waals surface area contributed by atoms with Crippen molar-refractivity contribution in [1.29, 1.82) is 5.26 Å². The van der Waals surface area contributed by atoms with Crippen molar-refractivity contribution in [2.75, 3.05) is 19.7 Å². The van der Waals surface area contributed by atoms with Crippen LogP contribution in [0, 0.1) is 32.1 Å². The number of nitrogens with one attached hydrogen (secondary N) is 2. The Hall–Kier alpha value is -2.89. The van der Waals surface area contributed by atoms with E-state index in [0.717, 1.165) is 16.9 Å². The van der Waals surface area contributed by atoms with Crippen LogP contribution in [0.3, 0.4) is 0 Å². The molecule has 0 saturated heterocycles. The summed E-state index contributed by atoms with van der Waals surface area (Å²) in [7, 11) is -3.94. The summed E-state index contributed by atoms with van der Waals surface area (Å²) in [6.45, 7) is 6.44. The van der Waals surface area contributed by atoms with Gasteiger partial charge in [0.2, 0.25) is 15.9 Å². The third kappa shape index (κ3) is 6.31. The lowest BCUT2D eigenvalue weighted by atomic mass is 10.1. The van der Waals surface area contributed by atoms with Crippen molar-refractivity contribution in [3.63, 3.8) is 0 Å². The van der Waals surface area contributed by atoms with E-state index < -0.39 is 22.5 Å². The normalized spacial score (nSPS) is 11.0. The molecule has 0 aliphatic rings. The highest BCUT2D eigenvalue weighted by molar-refractivity contribution is 7.89. The Bertz CT molecular complexity index is 1030. The maximum Gasteiger partial charge on any atom is 0.242 e. The molecule has 2 N–H and O–H groups in total. The van der Waals surface area contributed by atoms with E-state index in [4.69, 9.17) is 10.00 Å². The number of ether oxygens (including phenoxy) is 1. The van der Waals surface area contributed by atoms with Gasteiger partial charge in [-0.05, 0) is 62.1 Å². The van der Waals surface area contributed by atoms with Gasteiger partial charge >= 0.3 is 0 Å². The van der Waals surface area contributed by atoms with Crippen molar-refractivity contribution in [3.05, 3.63) is 58.7 Å². The predicted octanol–water partition coefficient (Wildman–Crippen LogP) is 2.35. The molecule has 0 heterocycles. The van der Waals surface area contributed by atoms with Crippen molar-refractivity contribution in [2.45, 2.75) is 32.1 Å². The minimum absolute atomic E-state index is 0.0271. The molecule has 0 aliphatic carbocycles. The number of carbonyl (C=O) groups is 1. The number of amides is 1. The van der Waals surface area contributed by atoms with E-state index in [1.165, 1.54) is 23.8 Å². The molecule has 0 fully saturated rings. The van der Waals surface area contributed by atoms with E-state index in [0.29, 0.717) is 19.6 Å². The largest absolute Gasteiger partial charge is 0.493 e. The van der Waals surface area contributed by atoms with Crippen molar-refractivity contribution >= 4 is 15.9 Å². The molecule has 0 saturated carbocycles. The summed E-state index contributed by atoms with van der Waals surface area (Å²) in [5.74, 6) is 0.378. The third-order valence-corrected chi connectivity index (χ3v) is 5.84. The monoisotopic (exact) mass is 415 g/mol. The zero-order chi connectivity index (χ0) is 21.4. The lowest BCUT2D eigenvalue weighted by molar-refractivity contribution is -0.119. The first-order valence-corrected chi connectivity index (χ1v) is 10.7. The maximum absolute atomic E-state index is 12.3. The van der Waals surface area contributed by atoms with E-state index in [1.54, 1.807) is 6.07 Å². The zero-order valence-corrected chi connectivity index (χ0v) is 17.6. The molecule has 154 valence electrons.